The molecule has 2 N–H and O–H groups in total. The number of benzene rings is 1. The average molecular weight is 407 g/mol. The predicted molar refractivity (Wildman–Crippen MR) is 99.6 cm³/mol. The summed E-state index contributed by atoms with van der Waals surface area (Å²) in [5.41, 5.74) is 5.46. The van der Waals surface area contributed by atoms with Crippen molar-refractivity contribution in [2.75, 3.05) is 23.8 Å². The van der Waals surface area contributed by atoms with Gasteiger partial charge >= 0.3 is 5.97 Å². The molecule has 0 aliphatic heterocycles. The number of nitrogens with zero attached hydrogens (tertiary/aromatic N) is 2. The van der Waals surface area contributed by atoms with E-state index in [9.17, 15) is 24.0 Å². The largest absolute Gasteiger partial charge is 0.618 e. The maximum absolute atomic E-state index is 13.1. The highest BCUT2D eigenvalue weighted by atomic mass is 32.2. The number of pyridine rings is 1. The monoisotopic (exact) mass is 407 g/mol. The van der Waals surface area contributed by atoms with Gasteiger partial charge in [0, 0.05) is 30.8 Å². The van der Waals surface area contributed by atoms with Gasteiger partial charge < -0.3 is 20.6 Å². The van der Waals surface area contributed by atoms with Crippen LogP contribution in [0.5, 0.6) is 0 Å². The molecule has 0 aliphatic carbocycles. The van der Waals surface area contributed by atoms with Gasteiger partial charge in [-0.05, 0) is 42.1 Å². The molecule has 2 aromatic rings. The van der Waals surface area contributed by atoms with Crippen LogP contribution in [0.1, 0.15) is 6.42 Å². The normalized spacial score (nSPS) is 10.3. The van der Waals surface area contributed by atoms with Crippen molar-refractivity contribution in [1.29, 1.82) is 0 Å². The van der Waals surface area contributed by atoms with E-state index in [0.717, 1.165) is 11.8 Å². The van der Waals surface area contributed by atoms with Crippen LogP contribution >= 0.6 is 11.8 Å². The molecule has 148 valence electrons. The van der Waals surface area contributed by atoms with E-state index < -0.39 is 30.2 Å². The topological polar surface area (TPSA) is 117 Å². The smallest absolute Gasteiger partial charge is 0.317 e. The van der Waals surface area contributed by atoms with Crippen LogP contribution in [0.25, 0.3) is 0 Å². The van der Waals surface area contributed by atoms with Crippen molar-refractivity contribution in [2.24, 2.45) is 5.73 Å². The Kier molecular flexibility index (Phi) is 7.76. The zero-order valence-electron chi connectivity index (χ0n) is 14.7. The molecule has 0 spiro atoms. The van der Waals surface area contributed by atoms with Gasteiger partial charge in [-0.2, -0.15) is 4.73 Å². The minimum atomic E-state index is -0.684. The van der Waals surface area contributed by atoms with Crippen LogP contribution in [0.4, 0.5) is 10.1 Å². The number of ether oxygens (including phenoxy) is 1. The first-order valence-electron chi connectivity index (χ1n) is 8.17. The number of hydrogen-bond donors (Lipinski definition) is 1. The Morgan fingerprint density at radius 3 is 2.54 bits per heavy atom. The van der Waals surface area contributed by atoms with Crippen LogP contribution in [0.2, 0.25) is 0 Å². The lowest BCUT2D eigenvalue weighted by molar-refractivity contribution is -0.645. The molecule has 8 nitrogen and oxygen atoms in total. The summed E-state index contributed by atoms with van der Waals surface area (Å²) in [6, 6.07) is 9.84. The van der Waals surface area contributed by atoms with Crippen molar-refractivity contribution in [3.8, 4) is 0 Å². The first-order valence-corrected chi connectivity index (χ1v) is 9.16. The molecule has 0 saturated heterocycles. The lowest BCUT2D eigenvalue weighted by Gasteiger charge is -2.22. The van der Waals surface area contributed by atoms with Crippen molar-refractivity contribution in [2.45, 2.75) is 11.4 Å². The molecular formula is C18H18FN3O5S. The quantitative estimate of drug-likeness (QED) is 0.287. The number of anilines is 1. The number of rotatable bonds is 9. The van der Waals surface area contributed by atoms with Crippen molar-refractivity contribution >= 4 is 35.2 Å². The molecule has 10 heteroatoms. The predicted octanol–water partition coefficient (Wildman–Crippen LogP) is 1.00. The van der Waals surface area contributed by atoms with Gasteiger partial charge in [-0.1, -0.05) is 0 Å². The lowest BCUT2D eigenvalue weighted by Crippen LogP contribution is -2.37. The summed E-state index contributed by atoms with van der Waals surface area (Å²) in [5, 5.41) is 11.8. The Bertz CT molecular complexity index is 847. The van der Waals surface area contributed by atoms with E-state index in [1.165, 1.54) is 35.4 Å². The number of nitrogens with two attached hydrogens (primary N) is 1. The zero-order chi connectivity index (χ0) is 20.5. The van der Waals surface area contributed by atoms with Crippen LogP contribution < -0.4 is 15.4 Å². The van der Waals surface area contributed by atoms with Crippen molar-refractivity contribution in [3.63, 3.8) is 0 Å². The summed E-state index contributed by atoms with van der Waals surface area (Å²) in [5.74, 6) is -2.52. The number of halogens is 1. The molecule has 1 aromatic heterocycles. The van der Waals surface area contributed by atoms with E-state index >= 15 is 0 Å². The molecule has 28 heavy (non-hydrogen) atoms. The highest BCUT2D eigenvalue weighted by molar-refractivity contribution is 7.99. The summed E-state index contributed by atoms with van der Waals surface area (Å²) in [6.07, 6.45) is 1.20. The third kappa shape index (κ3) is 6.54. The second-order valence-electron chi connectivity index (χ2n) is 5.55. The summed E-state index contributed by atoms with van der Waals surface area (Å²) in [4.78, 5) is 36.5. The number of thioether (sulfide) groups is 1. The molecule has 1 aromatic carbocycles. The zero-order valence-corrected chi connectivity index (χ0v) is 15.6. The molecule has 2 amide bonds. The fourth-order valence-corrected chi connectivity index (χ4v) is 2.87. The number of aromatic nitrogens is 1. The second-order valence-corrected chi connectivity index (χ2v) is 6.55. The van der Waals surface area contributed by atoms with E-state index in [1.807, 2.05) is 0 Å². The van der Waals surface area contributed by atoms with Crippen molar-refractivity contribution < 1.29 is 28.2 Å². The first kappa shape index (κ1) is 21.2. The number of amides is 2. The Morgan fingerprint density at radius 1 is 1.18 bits per heavy atom. The molecule has 0 atom stereocenters. The number of carbonyl (C=O) groups excluding carboxylic acids is 3. The Hall–Kier alpha value is -3.14. The fourth-order valence-electron chi connectivity index (χ4n) is 2.16. The Labute approximate surface area is 164 Å². The van der Waals surface area contributed by atoms with Gasteiger partial charge in [-0.25, -0.2) is 4.39 Å². The summed E-state index contributed by atoms with van der Waals surface area (Å²) < 4.78 is 18.7. The first-order chi connectivity index (χ1) is 13.4. The molecule has 0 saturated carbocycles. The van der Waals surface area contributed by atoms with Crippen LogP contribution in [-0.4, -0.2) is 36.7 Å². The molecule has 0 radical (unpaired) electrons. The third-order valence-corrected chi connectivity index (χ3v) is 4.50. The molecule has 0 fully saturated rings. The molecule has 0 aliphatic rings. The maximum Gasteiger partial charge on any atom is 0.317 e. The van der Waals surface area contributed by atoms with Gasteiger partial charge in [0.25, 0.3) is 10.9 Å². The SMILES string of the molecule is NC(=O)CCN(C(=O)COC(=O)CSc1cccc[n+]1[O-])c1ccc(F)cc1. The molecule has 0 unspecified atom stereocenters. The molecule has 1 heterocycles. The third-order valence-electron chi connectivity index (χ3n) is 3.50. The van der Waals surface area contributed by atoms with Gasteiger partial charge in [0.1, 0.15) is 11.6 Å². The van der Waals surface area contributed by atoms with E-state index in [1.54, 1.807) is 18.2 Å². The number of esters is 1. The molecule has 0 bridgehead atoms. The van der Waals surface area contributed by atoms with Crippen LogP contribution in [0, 0.1) is 11.0 Å². The fraction of sp³-hybridized carbons (Fsp3) is 0.222. The lowest BCUT2D eigenvalue weighted by atomic mass is 10.2. The van der Waals surface area contributed by atoms with Gasteiger partial charge in [-0.15, -0.1) is 0 Å². The van der Waals surface area contributed by atoms with Crippen LogP contribution in [-0.2, 0) is 19.1 Å². The number of primary amides is 1. The van der Waals surface area contributed by atoms with E-state index in [-0.39, 0.29) is 18.7 Å². The van der Waals surface area contributed by atoms with Crippen molar-refractivity contribution in [3.05, 3.63) is 59.7 Å². The number of carbonyl (C=O) groups is 3. The summed E-state index contributed by atoms with van der Waals surface area (Å²) in [7, 11) is 0. The van der Waals surface area contributed by atoms with Gasteiger partial charge in [0.05, 0.1) is 0 Å². The van der Waals surface area contributed by atoms with E-state index in [4.69, 9.17) is 10.5 Å². The van der Waals surface area contributed by atoms with Crippen molar-refractivity contribution in [1.82, 2.24) is 0 Å². The second kappa shape index (κ2) is 10.3. The highest BCUT2D eigenvalue weighted by Crippen LogP contribution is 2.16. The minimum absolute atomic E-state index is 0.0354. The molecule has 2 rings (SSSR count). The molecular weight excluding hydrogens is 389 g/mol. The Morgan fingerprint density at radius 2 is 1.89 bits per heavy atom. The average Bonchev–Trinajstić information content (AvgIpc) is 2.67. The summed E-state index contributed by atoms with van der Waals surface area (Å²) in [6.45, 7) is -0.603. The maximum atomic E-state index is 13.1. The highest BCUT2D eigenvalue weighted by Gasteiger charge is 2.19. The standard InChI is InChI=1S/C18H18FN3O5S/c19-13-4-6-14(7-5-13)21(10-8-15(20)23)16(24)11-27-18(25)12-28-17-3-1-2-9-22(17)26/h1-7,9H,8,10-12H2,(H2,20,23). The van der Waals surface area contributed by atoms with Gasteiger partial charge in [0.2, 0.25) is 5.91 Å². The van der Waals surface area contributed by atoms with E-state index in [0.29, 0.717) is 15.4 Å². The van der Waals surface area contributed by atoms with Gasteiger partial charge in [-0.3, -0.25) is 14.4 Å². The summed E-state index contributed by atoms with van der Waals surface area (Å²) >= 11 is 0.976. The van der Waals surface area contributed by atoms with E-state index in [2.05, 4.69) is 0 Å². The van der Waals surface area contributed by atoms with Gasteiger partial charge in [0.15, 0.2) is 12.8 Å². The van der Waals surface area contributed by atoms with Crippen LogP contribution in [0.3, 0.4) is 0 Å². The van der Waals surface area contributed by atoms with Crippen LogP contribution in [0.15, 0.2) is 53.7 Å². The number of hydrogen-bond acceptors (Lipinski definition) is 6. The minimum Gasteiger partial charge on any atom is -0.618 e. The Balaban J connectivity index is 1.92.